The minimum atomic E-state index is -0.397. The molecule has 0 saturated heterocycles. The third-order valence-corrected chi connectivity index (χ3v) is 4.38. The summed E-state index contributed by atoms with van der Waals surface area (Å²) >= 11 is 0. The SMILES string of the molecule is CCOC(=O)c1cc(NC2CCC(C)C(C)C2)ncc1N. The molecule has 0 amide bonds. The van der Waals surface area contributed by atoms with Gasteiger partial charge in [-0.05, 0) is 44.1 Å². The molecule has 21 heavy (non-hydrogen) atoms. The number of esters is 1. The van der Waals surface area contributed by atoms with E-state index >= 15 is 0 Å². The number of aromatic nitrogens is 1. The Kier molecular flexibility index (Phi) is 5.04. The second kappa shape index (κ2) is 6.78. The molecule has 0 aromatic carbocycles. The van der Waals surface area contributed by atoms with Crippen LogP contribution in [0.4, 0.5) is 11.5 Å². The second-order valence-electron chi connectivity index (χ2n) is 5.99. The number of carbonyl (C=O) groups excluding carboxylic acids is 1. The Bertz CT molecular complexity index is 504. The number of pyridine rings is 1. The lowest BCUT2D eigenvalue weighted by Crippen LogP contribution is -2.30. The molecule has 0 radical (unpaired) electrons. The highest BCUT2D eigenvalue weighted by atomic mass is 16.5. The van der Waals surface area contributed by atoms with Gasteiger partial charge in [0.05, 0.1) is 24.1 Å². The van der Waals surface area contributed by atoms with E-state index in [1.54, 1.807) is 13.0 Å². The molecule has 0 aliphatic heterocycles. The summed E-state index contributed by atoms with van der Waals surface area (Å²) in [6, 6.07) is 2.10. The molecule has 1 aromatic heterocycles. The molecule has 1 fully saturated rings. The molecule has 1 aliphatic carbocycles. The van der Waals surface area contributed by atoms with E-state index < -0.39 is 5.97 Å². The first kappa shape index (κ1) is 15.6. The van der Waals surface area contributed by atoms with E-state index in [9.17, 15) is 4.79 Å². The van der Waals surface area contributed by atoms with Crippen molar-refractivity contribution in [3.63, 3.8) is 0 Å². The van der Waals surface area contributed by atoms with Gasteiger partial charge < -0.3 is 15.8 Å². The summed E-state index contributed by atoms with van der Waals surface area (Å²) < 4.78 is 5.01. The summed E-state index contributed by atoms with van der Waals surface area (Å²) in [7, 11) is 0. The molecule has 3 N–H and O–H groups in total. The Hall–Kier alpha value is -1.78. The molecular weight excluding hydrogens is 266 g/mol. The van der Waals surface area contributed by atoms with Gasteiger partial charge in [-0.15, -0.1) is 0 Å². The summed E-state index contributed by atoms with van der Waals surface area (Å²) in [5, 5.41) is 3.42. The summed E-state index contributed by atoms with van der Waals surface area (Å²) in [4.78, 5) is 16.1. The molecule has 1 aromatic rings. The van der Waals surface area contributed by atoms with Crippen LogP contribution in [0, 0.1) is 11.8 Å². The lowest BCUT2D eigenvalue weighted by atomic mass is 9.79. The molecule has 0 bridgehead atoms. The highest BCUT2D eigenvalue weighted by Gasteiger charge is 2.25. The van der Waals surface area contributed by atoms with E-state index in [4.69, 9.17) is 10.5 Å². The van der Waals surface area contributed by atoms with E-state index in [2.05, 4.69) is 24.1 Å². The van der Waals surface area contributed by atoms with Crippen molar-refractivity contribution in [1.29, 1.82) is 0 Å². The van der Waals surface area contributed by atoms with Crippen LogP contribution in [0.15, 0.2) is 12.3 Å². The van der Waals surface area contributed by atoms with Crippen molar-refractivity contribution in [3.8, 4) is 0 Å². The van der Waals surface area contributed by atoms with Crippen LogP contribution >= 0.6 is 0 Å². The number of nitrogens with two attached hydrogens (primary N) is 1. The molecule has 5 nitrogen and oxygen atoms in total. The normalized spacial score (nSPS) is 25.4. The van der Waals surface area contributed by atoms with Crippen molar-refractivity contribution >= 4 is 17.5 Å². The van der Waals surface area contributed by atoms with Gasteiger partial charge in [-0.3, -0.25) is 0 Å². The van der Waals surface area contributed by atoms with E-state index in [0.717, 1.165) is 18.8 Å². The third kappa shape index (κ3) is 3.86. The molecule has 2 rings (SSSR count). The maximum Gasteiger partial charge on any atom is 0.340 e. The van der Waals surface area contributed by atoms with Crippen LogP contribution in [0.5, 0.6) is 0 Å². The third-order valence-electron chi connectivity index (χ3n) is 4.38. The molecule has 3 unspecified atom stereocenters. The van der Waals surface area contributed by atoms with Gasteiger partial charge in [-0.2, -0.15) is 0 Å². The molecule has 5 heteroatoms. The highest BCUT2D eigenvalue weighted by molar-refractivity contribution is 5.95. The standard InChI is InChI=1S/C16H25N3O2/c1-4-21-16(20)13-8-15(18-9-14(13)17)19-12-6-5-10(2)11(3)7-12/h8-12H,4-7,17H2,1-3H3,(H,18,19). The predicted octanol–water partition coefficient (Wildman–Crippen LogP) is 3.08. The molecule has 1 saturated carbocycles. The van der Waals surface area contributed by atoms with Crippen LogP contribution < -0.4 is 11.1 Å². The number of anilines is 2. The second-order valence-corrected chi connectivity index (χ2v) is 5.99. The molecule has 1 aliphatic rings. The van der Waals surface area contributed by atoms with Gasteiger partial charge in [0.15, 0.2) is 0 Å². The van der Waals surface area contributed by atoms with Crippen molar-refractivity contribution < 1.29 is 9.53 Å². The molecular formula is C16H25N3O2. The summed E-state index contributed by atoms with van der Waals surface area (Å²) in [5.41, 5.74) is 6.54. The maximum absolute atomic E-state index is 11.8. The van der Waals surface area contributed by atoms with Gasteiger partial charge in [0.2, 0.25) is 0 Å². The maximum atomic E-state index is 11.8. The number of hydrogen-bond donors (Lipinski definition) is 2. The highest BCUT2D eigenvalue weighted by Crippen LogP contribution is 2.31. The summed E-state index contributed by atoms with van der Waals surface area (Å²) in [6.45, 7) is 6.71. The van der Waals surface area contributed by atoms with Crippen LogP contribution in [0.2, 0.25) is 0 Å². The van der Waals surface area contributed by atoms with Crippen molar-refractivity contribution in [1.82, 2.24) is 4.98 Å². The number of nitrogens with zero attached hydrogens (tertiary/aromatic N) is 1. The first-order valence-corrected chi connectivity index (χ1v) is 7.70. The zero-order valence-electron chi connectivity index (χ0n) is 13.1. The minimum absolute atomic E-state index is 0.335. The Morgan fingerprint density at radius 1 is 1.43 bits per heavy atom. The number of hydrogen-bond acceptors (Lipinski definition) is 5. The van der Waals surface area contributed by atoms with Gasteiger partial charge in [-0.25, -0.2) is 9.78 Å². The van der Waals surface area contributed by atoms with Crippen LogP contribution in [0.1, 0.15) is 50.4 Å². The lowest BCUT2D eigenvalue weighted by Gasteiger charge is -2.32. The van der Waals surface area contributed by atoms with E-state index in [0.29, 0.717) is 35.6 Å². The smallest absolute Gasteiger partial charge is 0.340 e. The number of carbonyl (C=O) groups is 1. The van der Waals surface area contributed by atoms with Crippen molar-refractivity contribution in [3.05, 3.63) is 17.8 Å². The van der Waals surface area contributed by atoms with Gasteiger partial charge >= 0.3 is 5.97 Å². The largest absolute Gasteiger partial charge is 0.462 e. The Balaban J connectivity index is 2.07. The van der Waals surface area contributed by atoms with Gasteiger partial charge in [0.25, 0.3) is 0 Å². The van der Waals surface area contributed by atoms with Crippen molar-refractivity contribution in [2.45, 2.75) is 46.1 Å². The topological polar surface area (TPSA) is 77.2 Å². The summed E-state index contributed by atoms with van der Waals surface area (Å²) in [5.74, 6) is 1.78. The van der Waals surface area contributed by atoms with Gasteiger partial charge in [-0.1, -0.05) is 13.8 Å². The molecule has 1 heterocycles. The average Bonchev–Trinajstić information content (AvgIpc) is 2.45. The Morgan fingerprint density at radius 2 is 2.19 bits per heavy atom. The monoisotopic (exact) mass is 291 g/mol. The zero-order valence-corrected chi connectivity index (χ0v) is 13.1. The van der Waals surface area contributed by atoms with E-state index in [-0.39, 0.29) is 0 Å². The quantitative estimate of drug-likeness (QED) is 0.834. The Labute approximate surface area is 126 Å². The fraction of sp³-hybridized carbons (Fsp3) is 0.625. The van der Waals surface area contributed by atoms with Crippen molar-refractivity contribution in [2.24, 2.45) is 11.8 Å². The first-order valence-electron chi connectivity index (χ1n) is 7.70. The van der Waals surface area contributed by atoms with Crippen molar-refractivity contribution in [2.75, 3.05) is 17.7 Å². The molecule has 116 valence electrons. The predicted molar refractivity (Wildman–Crippen MR) is 84.2 cm³/mol. The fourth-order valence-corrected chi connectivity index (χ4v) is 2.82. The lowest BCUT2D eigenvalue weighted by molar-refractivity contribution is 0.0527. The van der Waals surface area contributed by atoms with Crippen LogP contribution in [0.25, 0.3) is 0 Å². The number of rotatable bonds is 4. The van der Waals surface area contributed by atoms with Crippen LogP contribution in [0.3, 0.4) is 0 Å². The Morgan fingerprint density at radius 3 is 2.86 bits per heavy atom. The van der Waals surface area contributed by atoms with E-state index in [1.807, 2.05) is 0 Å². The molecule has 0 spiro atoms. The summed E-state index contributed by atoms with van der Waals surface area (Å²) in [6.07, 6.45) is 5.00. The van der Waals surface area contributed by atoms with Gasteiger partial charge in [0.1, 0.15) is 5.82 Å². The van der Waals surface area contributed by atoms with Crippen LogP contribution in [-0.4, -0.2) is 23.6 Å². The zero-order chi connectivity index (χ0) is 15.4. The van der Waals surface area contributed by atoms with Gasteiger partial charge in [0, 0.05) is 6.04 Å². The number of nitrogen functional groups attached to an aromatic ring is 1. The number of ether oxygens (including phenoxy) is 1. The first-order chi connectivity index (χ1) is 10.0. The van der Waals surface area contributed by atoms with Crippen LogP contribution in [-0.2, 0) is 4.74 Å². The fourth-order valence-electron chi connectivity index (χ4n) is 2.82. The minimum Gasteiger partial charge on any atom is -0.462 e. The average molecular weight is 291 g/mol. The molecule has 3 atom stereocenters. The number of nitrogens with one attached hydrogen (secondary N) is 1. The van der Waals surface area contributed by atoms with E-state index in [1.165, 1.54) is 12.6 Å².